The van der Waals surface area contributed by atoms with Gasteiger partial charge in [-0.1, -0.05) is 29.8 Å². The number of benzene rings is 2. The van der Waals surface area contributed by atoms with Crippen LogP contribution in [0, 0.1) is 0 Å². The number of nitrogens with zero attached hydrogens (tertiary/aromatic N) is 1. The highest BCUT2D eigenvalue weighted by molar-refractivity contribution is 9.10. The van der Waals surface area contributed by atoms with Crippen LogP contribution in [0.4, 0.5) is 0 Å². The molecule has 0 radical (unpaired) electrons. The molecule has 2 nitrogen and oxygen atoms in total. The number of ether oxygens (including phenoxy) is 1. The zero-order chi connectivity index (χ0) is 14.8. The normalized spacial score (nSPS) is 10.6. The lowest BCUT2D eigenvalue weighted by Crippen LogP contribution is -1.82. The average Bonchev–Trinajstić information content (AvgIpc) is 2.89. The number of halogens is 2. The Kier molecular flexibility index (Phi) is 4.29. The number of methoxy groups -OCH3 is 1. The quantitative estimate of drug-likeness (QED) is 0.564. The van der Waals surface area contributed by atoms with Gasteiger partial charge in [-0.2, -0.15) is 4.37 Å². The Morgan fingerprint density at radius 3 is 2.48 bits per heavy atom. The van der Waals surface area contributed by atoms with Gasteiger partial charge in [-0.25, -0.2) is 0 Å². The van der Waals surface area contributed by atoms with Crippen LogP contribution >= 0.6 is 39.1 Å². The van der Waals surface area contributed by atoms with E-state index < -0.39 is 0 Å². The van der Waals surface area contributed by atoms with Crippen LogP contribution < -0.4 is 4.74 Å². The molecule has 0 fully saturated rings. The van der Waals surface area contributed by atoms with Gasteiger partial charge in [0.1, 0.15) is 11.4 Å². The number of rotatable bonds is 3. The minimum atomic E-state index is 0.699. The molecule has 0 aliphatic carbocycles. The molecule has 0 aliphatic heterocycles. The maximum atomic E-state index is 6.25. The zero-order valence-electron chi connectivity index (χ0n) is 11.1. The molecule has 2 aromatic carbocycles. The van der Waals surface area contributed by atoms with E-state index in [0.717, 1.165) is 31.9 Å². The average molecular weight is 381 g/mol. The molecule has 1 heterocycles. The van der Waals surface area contributed by atoms with Crippen molar-refractivity contribution in [3.05, 3.63) is 58.0 Å². The van der Waals surface area contributed by atoms with E-state index in [1.165, 1.54) is 11.5 Å². The minimum Gasteiger partial charge on any atom is -0.497 e. The molecule has 0 spiro atoms. The van der Waals surface area contributed by atoms with Crippen LogP contribution in [0.15, 0.2) is 53.0 Å². The van der Waals surface area contributed by atoms with Crippen molar-refractivity contribution in [1.29, 1.82) is 0 Å². The number of aromatic nitrogens is 1. The third-order valence-electron chi connectivity index (χ3n) is 3.12. The predicted molar refractivity (Wildman–Crippen MR) is 92.2 cm³/mol. The van der Waals surface area contributed by atoms with Crippen molar-refractivity contribution in [3.63, 3.8) is 0 Å². The lowest BCUT2D eigenvalue weighted by atomic mass is 10.1. The van der Waals surface area contributed by atoms with Crippen molar-refractivity contribution in [2.24, 2.45) is 0 Å². The summed E-state index contributed by atoms with van der Waals surface area (Å²) in [6, 6.07) is 15.6. The van der Waals surface area contributed by atoms with E-state index in [1.807, 2.05) is 48.5 Å². The molecular formula is C16H11BrClNOS. The van der Waals surface area contributed by atoms with Gasteiger partial charge in [-0.05, 0) is 63.4 Å². The lowest BCUT2D eigenvalue weighted by Gasteiger charge is -2.03. The molecule has 0 saturated carbocycles. The van der Waals surface area contributed by atoms with Crippen LogP contribution in [0.25, 0.3) is 21.7 Å². The molecular weight excluding hydrogens is 370 g/mol. The standard InChI is InChI=1S/C16H11BrClNOS/c1-20-11-8-6-10(7-9-11)16-14(17)15(19-21-16)12-4-2-3-5-13(12)18/h2-9H,1H3. The molecule has 0 aliphatic rings. The summed E-state index contributed by atoms with van der Waals surface area (Å²) in [7, 11) is 1.66. The summed E-state index contributed by atoms with van der Waals surface area (Å²) in [5.74, 6) is 0.839. The van der Waals surface area contributed by atoms with Crippen LogP contribution in [0.2, 0.25) is 5.02 Å². The van der Waals surface area contributed by atoms with E-state index in [-0.39, 0.29) is 0 Å². The fourth-order valence-corrected chi connectivity index (χ4v) is 3.90. The second-order valence-corrected chi connectivity index (χ2v) is 6.36. The van der Waals surface area contributed by atoms with Gasteiger partial charge in [-0.15, -0.1) is 0 Å². The van der Waals surface area contributed by atoms with Crippen molar-refractivity contribution < 1.29 is 4.74 Å². The monoisotopic (exact) mass is 379 g/mol. The van der Waals surface area contributed by atoms with Gasteiger partial charge in [0.15, 0.2) is 0 Å². The molecule has 3 rings (SSSR count). The van der Waals surface area contributed by atoms with Gasteiger partial charge < -0.3 is 4.74 Å². The van der Waals surface area contributed by atoms with Gasteiger partial charge in [-0.3, -0.25) is 0 Å². The number of hydrogen-bond acceptors (Lipinski definition) is 3. The second kappa shape index (κ2) is 6.18. The Morgan fingerprint density at radius 2 is 1.81 bits per heavy atom. The molecule has 0 bridgehead atoms. The van der Waals surface area contributed by atoms with E-state index in [4.69, 9.17) is 16.3 Å². The fourth-order valence-electron chi connectivity index (χ4n) is 2.02. The van der Waals surface area contributed by atoms with E-state index in [1.54, 1.807) is 7.11 Å². The predicted octanol–water partition coefficient (Wildman–Crippen LogP) is 5.90. The van der Waals surface area contributed by atoms with Crippen LogP contribution in [0.5, 0.6) is 5.75 Å². The van der Waals surface area contributed by atoms with E-state index >= 15 is 0 Å². The van der Waals surface area contributed by atoms with E-state index in [2.05, 4.69) is 20.3 Å². The molecule has 0 unspecified atom stereocenters. The summed E-state index contributed by atoms with van der Waals surface area (Å²) in [4.78, 5) is 1.08. The first-order valence-corrected chi connectivity index (χ1v) is 8.19. The van der Waals surface area contributed by atoms with Crippen molar-refractivity contribution in [1.82, 2.24) is 4.37 Å². The minimum absolute atomic E-state index is 0.699. The molecule has 0 atom stereocenters. The summed E-state index contributed by atoms with van der Waals surface area (Å²) in [6.07, 6.45) is 0. The largest absolute Gasteiger partial charge is 0.497 e. The molecule has 0 N–H and O–H groups in total. The Balaban J connectivity index is 2.05. The van der Waals surface area contributed by atoms with Crippen molar-refractivity contribution in [2.45, 2.75) is 0 Å². The first kappa shape index (κ1) is 14.6. The topological polar surface area (TPSA) is 22.1 Å². The SMILES string of the molecule is COc1ccc(-c2snc(-c3ccccc3Cl)c2Br)cc1. The molecule has 1 aromatic heterocycles. The van der Waals surface area contributed by atoms with Gasteiger partial charge >= 0.3 is 0 Å². The Morgan fingerprint density at radius 1 is 1.10 bits per heavy atom. The molecule has 5 heteroatoms. The van der Waals surface area contributed by atoms with Crippen molar-refractivity contribution >= 4 is 39.1 Å². The van der Waals surface area contributed by atoms with Crippen LogP contribution in [0.3, 0.4) is 0 Å². The van der Waals surface area contributed by atoms with Gasteiger partial charge in [0, 0.05) is 5.56 Å². The van der Waals surface area contributed by atoms with E-state index in [0.29, 0.717) is 5.02 Å². The Labute approximate surface area is 140 Å². The molecule has 0 amide bonds. The Hall–Kier alpha value is -1.36. The summed E-state index contributed by atoms with van der Waals surface area (Å²) in [5.41, 5.74) is 2.90. The first-order chi connectivity index (χ1) is 10.2. The van der Waals surface area contributed by atoms with Crippen LogP contribution in [0.1, 0.15) is 0 Å². The maximum Gasteiger partial charge on any atom is 0.118 e. The van der Waals surface area contributed by atoms with Gasteiger partial charge in [0.05, 0.1) is 21.5 Å². The number of hydrogen-bond donors (Lipinski definition) is 0. The fraction of sp³-hybridized carbons (Fsp3) is 0.0625. The van der Waals surface area contributed by atoms with E-state index in [9.17, 15) is 0 Å². The van der Waals surface area contributed by atoms with Crippen LogP contribution in [-0.4, -0.2) is 11.5 Å². The van der Waals surface area contributed by atoms with Gasteiger partial charge in [0.2, 0.25) is 0 Å². The summed E-state index contributed by atoms with van der Waals surface area (Å²) in [5, 5.41) is 0.699. The third kappa shape index (κ3) is 2.84. The third-order valence-corrected chi connectivity index (χ3v) is 5.38. The molecule has 106 valence electrons. The molecule has 0 saturated heterocycles. The van der Waals surface area contributed by atoms with Crippen molar-refractivity contribution in [3.8, 4) is 27.4 Å². The van der Waals surface area contributed by atoms with Crippen LogP contribution in [-0.2, 0) is 0 Å². The van der Waals surface area contributed by atoms with Crippen molar-refractivity contribution in [2.75, 3.05) is 7.11 Å². The summed E-state index contributed by atoms with van der Waals surface area (Å²) in [6.45, 7) is 0. The summed E-state index contributed by atoms with van der Waals surface area (Å²) < 4.78 is 10.7. The highest BCUT2D eigenvalue weighted by atomic mass is 79.9. The second-order valence-electron chi connectivity index (χ2n) is 4.38. The maximum absolute atomic E-state index is 6.25. The lowest BCUT2D eigenvalue weighted by molar-refractivity contribution is 0.415. The Bertz CT molecular complexity index is 770. The first-order valence-electron chi connectivity index (χ1n) is 6.25. The smallest absolute Gasteiger partial charge is 0.118 e. The highest BCUT2D eigenvalue weighted by Gasteiger charge is 2.16. The zero-order valence-corrected chi connectivity index (χ0v) is 14.3. The highest BCUT2D eigenvalue weighted by Crippen LogP contribution is 2.41. The molecule has 21 heavy (non-hydrogen) atoms. The molecule has 3 aromatic rings. The summed E-state index contributed by atoms with van der Waals surface area (Å²) >= 11 is 11.4. The van der Waals surface area contributed by atoms with Gasteiger partial charge in [0.25, 0.3) is 0 Å².